The predicted molar refractivity (Wildman–Crippen MR) is 114 cm³/mol. The van der Waals surface area contributed by atoms with Crippen molar-refractivity contribution in [2.24, 2.45) is 5.92 Å². The van der Waals surface area contributed by atoms with E-state index in [1.54, 1.807) is 30.2 Å². The van der Waals surface area contributed by atoms with Gasteiger partial charge in [-0.25, -0.2) is 9.97 Å². The Bertz CT molecular complexity index is 948. The van der Waals surface area contributed by atoms with Gasteiger partial charge >= 0.3 is 0 Å². The van der Waals surface area contributed by atoms with Crippen LogP contribution in [0.3, 0.4) is 0 Å². The van der Waals surface area contributed by atoms with E-state index < -0.39 is 0 Å². The molecule has 0 saturated carbocycles. The van der Waals surface area contributed by atoms with E-state index in [9.17, 15) is 4.79 Å². The Hall–Kier alpha value is -2.68. The van der Waals surface area contributed by atoms with E-state index >= 15 is 0 Å². The molecular weight excluding hydrogens is 386 g/mol. The van der Waals surface area contributed by atoms with E-state index in [-0.39, 0.29) is 17.9 Å². The smallest absolute Gasteiger partial charge is 0.225 e. The third-order valence-electron chi connectivity index (χ3n) is 5.21. The Morgan fingerprint density at radius 3 is 2.97 bits per heavy atom. The summed E-state index contributed by atoms with van der Waals surface area (Å²) in [5.74, 6) is 2.36. The quantitative estimate of drug-likeness (QED) is 0.638. The molecule has 0 spiro atoms. The number of aromatic nitrogens is 5. The van der Waals surface area contributed by atoms with Crippen molar-refractivity contribution in [1.29, 1.82) is 0 Å². The molecule has 4 heterocycles. The summed E-state index contributed by atoms with van der Waals surface area (Å²) in [6.45, 7) is 1.50. The monoisotopic (exact) mass is 411 g/mol. The molecule has 3 aromatic rings. The van der Waals surface area contributed by atoms with E-state index in [0.29, 0.717) is 12.5 Å². The number of nitrogens with zero attached hydrogens (tertiary/aromatic N) is 6. The molecule has 8 nitrogen and oxygen atoms in total. The van der Waals surface area contributed by atoms with E-state index in [4.69, 9.17) is 0 Å². The molecule has 1 aliphatic rings. The van der Waals surface area contributed by atoms with Crippen LogP contribution in [-0.2, 0) is 4.79 Å². The highest BCUT2D eigenvalue weighted by atomic mass is 32.2. The number of fused-ring (bicyclic) bond motifs is 1. The van der Waals surface area contributed by atoms with Gasteiger partial charge in [-0.05, 0) is 49.5 Å². The van der Waals surface area contributed by atoms with Gasteiger partial charge < -0.3 is 10.2 Å². The number of carbonyl (C=O) groups is 1. The van der Waals surface area contributed by atoms with Crippen molar-refractivity contribution in [1.82, 2.24) is 29.9 Å². The van der Waals surface area contributed by atoms with Crippen LogP contribution >= 0.6 is 11.8 Å². The first-order chi connectivity index (χ1) is 14.3. The van der Waals surface area contributed by atoms with Gasteiger partial charge in [-0.15, -0.1) is 10.2 Å². The van der Waals surface area contributed by atoms with E-state index in [0.717, 1.165) is 43.0 Å². The minimum Gasteiger partial charge on any atom is -0.346 e. The standard InChI is InChI=1S/C20H25N7OS/c1-29-13-8-16(18-25-24-17-7-2-3-12-27(17)18)23-19(28)15-6-4-11-26(14-15)20-21-9-5-10-22-20/h2-3,5,7,9-10,12,15-16H,4,6,8,11,13-14H2,1H3,(H,23,28). The summed E-state index contributed by atoms with van der Waals surface area (Å²) < 4.78 is 1.95. The van der Waals surface area contributed by atoms with Crippen LogP contribution in [0.5, 0.6) is 0 Å². The molecule has 0 aliphatic carbocycles. The molecule has 3 aromatic heterocycles. The number of anilines is 1. The number of hydrogen-bond acceptors (Lipinski definition) is 7. The average molecular weight is 412 g/mol. The maximum atomic E-state index is 13.1. The average Bonchev–Trinajstić information content (AvgIpc) is 3.21. The molecular formula is C20H25N7OS. The van der Waals surface area contributed by atoms with Gasteiger partial charge in [0.2, 0.25) is 11.9 Å². The zero-order valence-electron chi connectivity index (χ0n) is 16.4. The number of rotatable bonds is 7. The van der Waals surface area contributed by atoms with Crippen molar-refractivity contribution < 1.29 is 4.79 Å². The van der Waals surface area contributed by atoms with Crippen LogP contribution in [0.1, 0.15) is 31.1 Å². The lowest BCUT2D eigenvalue weighted by Gasteiger charge is -2.32. The molecule has 1 amide bonds. The van der Waals surface area contributed by atoms with Crippen molar-refractivity contribution in [3.8, 4) is 0 Å². The van der Waals surface area contributed by atoms with Gasteiger partial charge in [0.25, 0.3) is 0 Å². The van der Waals surface area contributed by atoms with Crippen molar-refractivity contribution >= 4 is 29.3 Å². The number of pyridine rings is 1. The maximum Gasteiger partial charge on any atom is 0.225 e. The Morgan fingerprint density at radius 2 is 2.14 bits per heavy atom. The molecule has 152 valence electrons. The highest BCUT2D eigenvalue weighted by molar-refractivity contribution is 7.98. The summed E-state index contributed by atoms with van der Waals surface area (Å²) in [5.41, 5.74) is 0.788. The second-order valence-corrected chi connectivity index (χ2v) is 8.15. The molecule has 9 heteroatoms. The first kappa shape index (κ1) is 19.6. The number of thioether (sulfide) groups is 1. The zero-order chi connectivity index (χ0) is 20.1. The van der Waals surface area contributed by atoms with E-state index in [1.165, 1.54) is 0 Å². The lowest BCUT2D eigenvalue weighted by Crippen LogP contribution is -2.44. The van der Waals surface area contributed by atoms with Gasteiger partial charge in [0.1, 0.15) is 0 Å². The second kappa shape index (κ2) is 9.21. The molecule has 4 rings (SSSR count). The summed E-state index contributed by atoms with van der Waals surface area (Å²) in [6, 6.07) is 7.44. The molecule has 1 N–H and O–H groups in total. The molecule has 2 unspecified atom stereocenters. The lowest BCUT2D eigenvalue weighted by atomic mass is 9.96. The summed E-state index contributed by atoms with van der Waals surface area (Å²) in [4.78, 5) is 23.9. The summed E-state index contributed by atoms with van der Waals surface area (Å²) in [7, 11) is 0. The normalized spacial score (nSPS) is 18.0. The SMILES string of the molecule is CSCCC(NC(=O)C1CCCN(c2ncccn2)C1)c1nnc2ccccn12. The number of carbonyl (C=O) groups excluding carboxylic acids is 1. The summed E-state index contributed by atoms with van der Waals surface area (Å²) >= 11 is 1.76. The molecule has 1 aliphatic heterocycles. The van der Waals surface area contributed by atoms with Gasteiger partial charge in [-0.1, -0.05) is 6.07 Å². The van der Waals surface area contributed by atoms with Crippen LogP contribution in [0.2, 0.25) is 0 Å². The van der Waals surface area contributed by atoms with Gasteiger partial charge in [0, 0.05) is 31.7 Å². The van der Waals surface area contributed by atoms with Crippen molar-refractivity contribution in [2.45, 2.75) is 25.3 Å². The molecule has 2 atom stereocenters. The number of amides is 1. The van der Waals surface area contributed by atoms with Crippen LogP contribution in [0.15, 0.2) is 42.9 Å². The van der Waals surface area contributed by atoms with Gasteiger partial charge in [-0.2, -0.15) is 11.8 Å². The van der Waals surface area contributed by atoms with Crippen molar-refractivity contribution in [3.05, 3.63) is 48.7 Å². The van der Waals surface area contributed by atoms with Crippen LogP contribution in [-0.4, -0.2) is 55.6 Å². The molecule has 29 heavy (non-hydrogen) atoms. The summed E-state index contributed by atoms with van der Waals surface area (Å²) in [5, 5.41) is 11.9. The van der Waals surface area contributed by atoms with Crippen molar-refractivity contribution in [3.63, 3.8) is 0 Å². The third-order valence-corrected chi connectivity index (χ3v) is 5.85. The first-order valence-corrected chi connectivity index (χ1v) is 11.3. The topological polar surface area (TPSA) is 88.3 Å². The lowest BCUT2D eigenvalue weighted by molar-refractivity contribution is -0.126. The molecule has 0 radical (unpaired) electrons. The van der Waals surface area contributed by atoms with Crippen LogP contribution < -0.4 is 10.2 Å². The van der Waals surface area contributed by atoms with E-state index in [1.807, 2.05) is 28.8 Å². The second-order valence-electron chi connectivity index (χ2n) is 7.16. The largest absolute Gasteiger partial charge is 0.346 e. The third kappa shape index (κ3) is 4.50. The minimum absolute atomic E-state index is 0.0596. The zero-order valence-corrected chi connectivity index (χ0v) is 17.3. The van der Waals surface area contributed by atoms with Crippen LogP contribution in [0.25, 0.3) is 5.65 Å². The van der Waals surface area contributed by atoms with Crippen molar-refractivity contribution in [2.75, 3.05) is 30.0 Å². The first-order valence-electron chi connectivity index (χ1n) is 9.87. The molecule has 1 fully saturated rings. The Balaban J connectivity index is 1.49. The maximum absolute atomic E-state index is 13.1. The number of nitrogens with one attached hydrogen (secondary N) is 1. The number of hydrogen-bond donors (Lipinski definition) is 1. The highest BCUT2D eigenvalue weighted by Crippen LogP contribution is 2.23. The molecule has 1 saturated heterocycles. The highest BCUT2D eigenvalue weighted by Gasteiger charge is 2.29. The Kier molecular flexibility index (Phi) is 6.24. The van der Waals surface area contributed by atoms with Crippen LogP contribution in [0.4, 0.5) is 5.95 Å². The van der Waals surface area contributed by atoms with Gasteiger partial charge in [0.15, 0.2) is 11.5 Å². The fraction of sp³-hybridized carbons (Fsp3) is 0.450. The van der Waals surface area contributed by atoms with Crippen LogP contribution in [0, 0.1) is 5.92 Å². The van der Waals surface area contributed by atoms with Gasteiger partial charge in [-0.3, -0.25) is 9.20 Å². The van der Waals surface area contributed by atoms with E-state index in [2.05, 4.69) is 36.6 Å². The minimum atomic E-state index is -0.171. The summed E-state index contributed by atoms with van der Waals surface area (Å²) in [6.07, 6.45) is 10.1. The van der Waals surface area contributed by atoms with Gasteiger partial charge in [0.05, 0.1) is 12.0 Å². The fourth-order valence-corrected chi connectivity index (χ4v) is 4.19. The molecule has 0 aromatic carbocycles. The Morgan fingerprint density at radius 1 is 1.28 bits per heavy atom. The Labute approximate surface area is 174 Å². The molecule has 0 bridgehead atoms. The predicted octanol–water partition coefficient (Wildman–Crippen LogP) is 2.35. The fourth-order valence-electron chi connectivity index (χ4n) is 3.72. The number of piperidine rings is 1.